The van der Waals surface area contributed by atoms with Gasteiger partial charge in [-0.2, -0.15) is 0 Å². The number of nitrogens with zero attached hydrogens (tertiary/aromatic N) is 3. The molecule has 6 nitrogen and oxygen atoms in total. The molecule has 0 bridgehead atoms. The van der Waals surface area contributed by atoms with Crippen LogP contribution in [0.5, 0.6) is 0 Å². The Hall–Kier alpha value is -2.18. The smallest absolute Gasteiger partial charge is 0.275 e. The Kier molecular flexibility index (Phi) is 6.19. The first-order valence-corrected chi connectivity index (χ1v) is 8.95. The van der Waals surface area contributed by atoms with Gasteiger partial charge in [-0.1, -0.05) is 23.7 Å². The number of piperazine rings is 1. The van der Waals surface area contributed by atoms with Crippen molar-refractivity contribution < 1.29 is 9.69 Å². The lowest BCUT2D eigenvalue weighted by molar-refractivity contribution is -0.892. The molecule has 0 saturated carbocycles. The molecule has 0 radical (unpaired) electrons. The Morgan fingerprint density at radius 1 is 1.20 bits per heavy atom. The second kappa shape index (κ2) is 8.78. The van der Waals surface area contributed by atoms with Gasteiger partial charge in [-0.05, 0) is 30.2 Å². The molecule has 1 aromatic carbocycles. The van der Waals surface area contributed by atoms with Crippen LogP contribution in [-0.4, -0.2) is 55.1 Å². The van der Waals surface area contributed by atoms with E-state index in [-0.39, 0.29) is 5.91 Å². The third kappa shape index (κ3) is 5.41. The van der Waals surface area contributed by atoms with Crippen molar-refractivity contribution in [2.75, 3.05) is 44.2 Å². The molecule has 2 heterocycles. The first-order valence-electron chi connectivity index (χ1n) is 8.57. The largest absolute Gasteiger partial charge is 0.351 e. The van der Waals surface area contributed by atoms with E-state index in [1.165, 1.54) is 4.90 Å². The summed E-state index contributed by atoms with van der Waals surface area (Å²) >= 11 is 5.97. The average molecular weight is 361 g/mol. The monoisotopic (exact) mass is 360 g/mol. The molecule has 2 N–H and O–H groups in total. The van der Waals surface area contributed by atoms with E-state index in [9.17, 15) is 4.79 Å². The molecule has 1 aliphatic rings. The van der Waals surface area contributed by atoms with Crippen molar-refractivity contribution in [1.29, 1.82) is 0 Å². The summed E-state index contributed by atoms with van der Waals surface area (Å²) in [6, 6.07) is 9.56. The Morgan fingerprint density at radius 2 is 1.96 bits per heavy atom. The highest BCUT2D eigenvalue weighted by Crippen LogP contribution is 2.10. The number of anilines is 1. The minimum Gasteiger partial charge on any atom is -0.351 e. The van der Waals surface area contributed by atoms with E-state index in [1.807, 2.05) is 30.3 Å². The Morgan fingerprint density at radius 3 is 2.68 bits per heavy atom. The fourth-order valence-electron chi connectivity index (χ4n) is 2.98. The zero-order valence-electron chi connectivity index (χ0n) is 14.1. The highest BCUT2D eigenvalue weighted by molar-refractivity contribution is 6.30. The van der Waals surface area contributed by atoms with Gasteiger partial charge in [0.2, 0.25) is 5.95 Å². The van der Waals surface area contributed by atoms with Gasteiger partial charge in [0.25, 0.3) is 5.91 Å². The molecule has 132 valence electrons. The van der Waals surface area contributed by atoms with Crippen molar-refractivity contribution in [2.24, 2.45) is 0 Å². The van der Waals surface area contributed by atoms with E-state index in [0.29, 0.717) is 13.1 Å². The van der Waals surface area contributed by atoms with Gasteiger partial charge < -0.3 is 15.1 Å². The van der Waals surface area contributed by atoms with E-state index in [1.54, 1.807) is 12.4 Å². The standard InChI is InChI=1S/C18H22ClN5O/c19-16-4-1-3-15(13-16)5-8-20-17(25)14-23-9-11-24(12-10-23)18-21-6-2-7-22-18/h1-4,6-7,13H,5,8-12,14H2,(H,20,25)/p+1. The fraction of sp³-hybridized carbons (Fsp3) is 0.389. The van der Waals surface area contributed by atoms with Crippen molar-refractivity contribution in [3.8, 4) is 0 Å². The van der Waals surface area contributed by atoms with E-state index in [4.69, 9.17) is 11.6 Å². The first-order chi connectivity index (χ1) is 12.2. The molecular weight excluding hydrogens is 338 g/mol. The third-order valence-corrected chi connectivity index (χ3v) is 4.58. The van der Waals surface area contributed by atoms with Crippen molar-refractivity contribution in [3.05, 3.63) is 53.3 Å². The van der Waals surface area contributed by atoms with Crippen LogP contribution in [0, 0.1) is 0 Å². The molecule has 1 fully saturated rings. The molecule has 7 heteroatoms. The zero-order valence-corrected chi connectivity index (χ0v) is 14.9. The van der Waals surface area contributed by atoms with Crippen LogP contribution < -0.4 is 15.1 Å². The highest BCUT2D eigenvalue weighted by Gasteiger charge is 2.23. The third-order valence-electron chi connectivity index (χ3n) is 4.34. The summed E-state index contributed by atoms with van der Waals surface area (Å²) in [7, 11) is 0. The normalized spacial score (nSPS) is 15.2. The summed E-state index contributed by atoms with van der Waals surface area (Å²) in [5.41, 5.74) is 1.14. The molecule has 0 aliphatic carbocycles. The van der Waals surface area contributed by atoms with Crippen molar-refractivity contribution in [2.45, 2.75) is 6.42 Å². The van der Waals surface area contributed by atoms with Crippen LogP contribution in [0.15, 0.2) is 42.7 Å². The molecule has 25 heavy (non-hydrogen) atoms. The summed E-state index contributed by atoms with van der Waals surface area (Å²) in [4.78, 5) is 24.2. The van der Waals surface area contributed by atoms with E-state index >= 15 is 0 Å². The number of hydrogen-bond donors (Lipinski definition) is 2. The van der Waals surface area contributed by atoms with Gasteiger partial charge in [-0.3, -0.25) is 4.79 Å². The van der Waals surface area contributed by atoms with Crippen LogP contribution >= 0.6 is 11.6 Å². The molecule has 3 rings (SSSR count). The molecule has 0 spiro atoms. The number of nitrogens with one attached hydrogen (secondary N) is 2. The maximum absolute atomic E-state index is 12.1. The molecule has 0 unspecified atom stereocenters. The number of rotatable bonds is 6. The lowest BCUT2D eigenvalue weighted by Gasteiger charge is -2.31. The van der Waals surface area contributed by atoms with Crippen LogP contribution in [0.4, 0.5) is 5.95 Å². The molecule has 2 aromatic rings. The zero-order chi connectivity index (χ0) is 17.5. The van der Waals surface area contributed by atoms with Gasteiger partial charge >= 0.3 is 0 Å². The van der Waals surface area contributed by atoms with Gasteiger partial charge in [0, 0.05) is 24.0 Å². The molecule has 1 aliphatic heterocycles. The summed E-state index contributed by atoms with van der Waals surface area (Å²) in [5.74, 6) is 0.869. The lowest BCUT2D eigenvalue weighted by atomic mass is 10.1. The number of carbonyl (C=O) groups excluding carboxylic acids is 1. The average Bonchev–Trinajstić information content (AvgIpc) is 2.63. The number of benzene rings is 1. The summed E-state index contributed by atoms with van der Waals surface area (Å²) in [5, 5.41) is 3.73. The number of halogens is 1. The van der Waals surface area contributed by atoms with Crippen molar-refractivity contribution >= 4 is 23.5 Å². The van der Waals surface area contributed by atoms with E-state index in [2.05, 4.69) is 20.2 Å². The maximum atomic E-state index is 12.1. The molecular formula is C18H23ClN5O+. The quantitative estimate of drug-likeness (QED) is 0.772. The highest BCUT2D eigenvalue weighted by atomic mass is 35.5. The SMILES string of the molecule is O=C(C[NH+]1CCN(c2ncccn2)CC1)NCCc1cccc(Cl)c1. The maximum Gasteiger partial charge on any atom is 0.275 e. The molecule has 1 aromatic heterocycles. The van der Waals surface area contributed by atoms with Gasteiger partial charge in [0.05, 0.1) is 26.2 Å². The Bertz CT molecular complexity index is 689. The summed E-state index contributed by atoms with van der Waals surface area (Å²) < 4.78 is 0. The minimum atomic E-state index is 0.0986. The summed E-state index contributed by atoms with van der Waals surface area (Å²) in [6.07, 6.45) is 4.31. The number of aromatic nitrogens is 2. The van der Waals surface area contributed by atoms with Crippen molar-refractivity contribution in [3.63, 3.8) is 0 Å². The van der Waals surface area contributed by atoms with Crippen LogP contribution in [0.2, 0.25) is 5.02 Å². The minimum absolute atomic E-state index is 0.0986. The predicted molar refractivity (Wildman–Crippen MR) is 98.0 cm³/mol. The predicted octanol–water partition coefficient (Wildman–Crippen LogP) is 0.194. The fourth-order valence-corrected chi connectivity index (χ4v) is 3.20. The van der Waals surface area contributed by atoms with Crippen LogP contribution in [0.25, 0.3) is 0 Å². The number of carbonyl (C=O) groups is 1. The number of amides is 1. The second-order valence-corrected chi connectivity index (χ2v) is 6.63. The second-order valence-electron chi connectivity index (χ2n) is 6.19. The van der Waals surface area contributed by atoms with E-state index < -0.39 is 0 Å². The van der Waals surface area contributed by atoms with Crippen LogP contribution in [0.3, 0.4) is 0 Å². The van der Waals surface area contributed by atoms with Gasteiger partial charge in [-0.25, -0.2) is 9.97 Å². The molecule has 1 amide bonds. The number of quaternary nitrogens is 1. The molecule has 0 atom stereocenters. The van der Waals surface area contributed by atoms with Crippen molar-refractivity contribution in [1.82, 2.24) is 15.3 Å². The van der Waals surface area contributed by atoms with Gasteiger partial charge in [0.1, 0.15) is 0 Å². The van der Waals surface area contributed by atoms with Crippen LogP contribution in [0.1, 0.15) is 5.56 Å². The molecule has 1 saturated heterocycles. The Balaban J connectivity index is 1.36. The van der Waals surface area contributed by atoms with Gasteiger partial charge in [0.15, 0.2) is 6.54 Å². The van der Waals surface area contributed by atoms with Crippen LogP contribution in [-0.2, 0) is 11.2 Å². The van der Waals surface area contributed by atoms with Gasteiger partial charge in [-0.15, -0.1) is 0 Å². The first kappa shape index (κ1) is 17.6. The topological polar surface area (TPSA) is 62.6 Å². The summed E-state index contributed by atoms with van der Waals surface area (Å²) in [6.45, 7) is 4.72. The number of hydrogen-bond acceptors (Lipinski definition) is 4. The lowest BCUT2D eigenvalue weighted by Crippen LogP contribution is -3.16. The van der Waals surface area contributed by atoms with E-state index in [0.717, 1.165) is 49.1 Å². The Labute approximate surface area is 152 Å².